The largest absolute Gasteiger partial charge is 0.320 e. The Morgan fingerprint density at radius 2 is 1.90 bits per heavy atom. The quantitative estimate of drug-likeness (QED) is 0.531. The maximum absolute atomic E-state index is 11.9. The van der Waals surface area contributed by atoms with E-state index in [0.717, 1.165) is 5.56 Å². The molecule has 0 bridgehead atoms. The Bertz CT molecular complexity index is 681. The van der Waals surface area contributed by atoms with E-state index in [1.165, 1.54) is 6.07 Å². The van der Waals surface area contributed by atoms with E-state index in [0.29, 0.717) is 11.3 Å². The molecule has 6 nitrogen and oxygen atoms in total. The van der Waals surface area contributed by atoms with Crippen LogP contribution in [-0.2, 0) is 11.3 Å². The number of benzene rings is 1. The zero-order valence-corrected chi connectivity index (χ0v) is 11.9. The lowest BCUT2D eigenvalue weighted by Gasteiger charge is -2.04. The standard InChI is InChI=1S/C15H15N3O3/c1-11-5-7-17(8-6-11)10-15(19)16-13-4-3-12(2)14(9-13)18(20)21/h3-9H,10H2,1-2H3/p+1. The number of hydrogen-bond acceptors (Lipinski definition) is 3. The highest BCUT2D eigenvalue weighted by Crippen LogP contribution is 2.22. The lowest BCUT2D eigenvalue weighted by atomic mass is 10.2. The second-order valence-electron chi connectivity index (χ2n) is 4.85. The summed E-state index contributed by atoms with van der Waals surface area (Å²) in [6.45, 7) is 3.78. The fourth-order valence-corrected chi connectivity index (χ4v) is 1.89. The van der Waals surface area contributed by atoms with E-state index in [1.54, 1.807) is 23.6 Å². The number of nitrogens with one attached hydrogen (secondary N) is 1. The Kier molecular flexibility index (Phi) is 4.27. The van der Waals surface area contributed by atoms with E-state index in [4.69, 9.17) is 0 Å². The highest BCUT2D eigenvalue weighted by atomic mass is 16.6. The van der Waals surface area contributed by atoms with E-state index in [2.05, 4.69) is 5.32 Å². The van der Waals surface area contributed by atoms with Crippen molar-refractivity contribution in [1.29, 1.82) is 0 Å². The number of carbonyl (C=O) groups excluding carboxylic acids is 1. The molecule has 1 heterocycles. The highest BCUT2D eigenvalue weighted by molar-refractivity contribution is 5.90. The number of nitro benzene ring substituents is 1. The predicted molar refractivity (Wildman–Crippen MR) is 77.8 cm³/mol. The van der Waals surface area contributed by atoms with Crippen LogP contribution < -0.4 is 9.88 Å². The van der Waals surface area contributed by atoms with Crippen molar-refractivity contribution in [3.05, 3.63) is 64.0 Å². The van der Waals surface area contributed by atoms with E-state index < -0.39 is 4.92 Å². The monoisotopic (exact) mass is 286 g/mol. The molecule has 0 fully saturated rings. The van der Waals surface area contributed by atoms with Crippen LogP contribution in [0.5, 0.6) is 0 Å². The average Bonchev–Trinajstić information content (AvgIpc) is 2.43. The second kappa shape index (κ2) is 6.13. The summed E-state index contributed by atoms with van der Waals surface area (Å²) in [5.41, 5.74) is 2.09. The molecule has 0 spiro atoms. The number of carbonyl (C=O) groups is 1. The maximum Gasteiger partial charge on any atom is 0.290 e. The summed E-state index contributed by atoms with van der Waals surface area (Å²) >= 11 is 0. The molecule has 1 N–H and O–H groups in total. The van der Waals surface area contributed by atoms with Gasteiger partial charge in [-0.15, -0.1) is 0 Å². The molecule has 1 aromatic carbocycles. The third-order valence-corrected chi connectivity index (χ3v) is 3.07. The molecule has 0 aliphatic rings. The van der Waals surface area contributed by atoms with E-state index >= 15 is 0 Å². The lowest BCUT2D eigenvalue weighted by molar-refractivity contribution is -0.684. The molecule has 0 unspecified atom stereocenters. The molecular formula is C15H16N3O3+. The average molecular weight is 286 g/mol. The number of rotatable bonds is 4. The van der Waals surface area contributed by atoms with Crippen molar-refractivity contribution in [2.24, 2.45) is 0 Å². The fraction of sp³-hybridized carbons (Fsp3) is 0.200. The molecular weight excluding hydrogens is 270 g/mol. The van der Waals surface area contributed by atoms with Crippen LogP contribution in [0.4, 0.5) is 11.4 Å². The van der Waals surface area contributed by atoms with Crippen molar-refractivity contribution in [2.75, 3.05) is 5.32 Å². The second-order valence-corrected chi connectivity index (χ2v) is 4.85. The van der Waals surface area contributed by atoms with Crippen molar-refractivity contribution < 1.29 is 14.3 Å². The van der Waals surface area contributed by atoms with Crippen LogP contribution in [-0.4, -0.2) is 10.8 Å². The van der Waals surface area contributed by atoms with Crippen molar-refractivity contribution in [3.63, 3.8) is 0 Å². The summed E-state index contributed by atoms with van der Waals surface area (Å²) in [6, 6.07) is 8.45. The molecule has 6 heteroatoms. The maximum atomic E-state index is 11.9. The van der Waals surface area contributed by atoms with Crippen molar-refractivity contribution >= 4 is 17.3 Å². The number of aryl methyl sites for hydroxylation is 2. The minimum atomic E-state index is -0.459. The first-order valence-electron chi connectivity index (χ1n) is 6.46. The topological polar surface area (TPSA) is 76.1 Å². The van der Waals surface area contributed by atoms with Crippen LogP contribution in [0, 0.1) is 24.0 Å². The first-order chi connectivity index (χ1) is 9.95. The van der Waals surface area contributed by atoms with Gasteiger partial charge in [-0.3, -0.25) is 14.9 Å². The van der Waals surface area contributed by atoms with E-state index in [1.807, 2.05) is 31.5 Å². The Hall–Kier alpha value is -2.76. The van der Waals surface area contributed by atoms with Crippen molar-refractivity contribution in [3.8, 4) is 0 Å². The third-order valence-electron chi connectivity index (χ3n) is 3.07. The van der Waals surface area contributed by atoms with Gasteiger partial charge in [-0.25, -0.2) is 0 Å². The highest BCUT2D eigenvalue weighted by Gasteiger charge is 2.14. The Morgan fingerprint density at radius 3 is 2.52 bits per heavy atom. The van der Waals surface area contributed by atoms with Gasteiger partial charge in [0, 0.05) is 29.4 Å². The molecule has 0 saturated carbocycles. The minimum absolute atomic E-state index is 0.00390. The molecule has 2 aromatic rings. The number of aromatic nitrogens is 1. The number of hydrogen-bond donors (Lipinski definition) is 1. The molecule has 0 atom stereocenters. The number of amides is 1. The summed E-state index contributed by atoms with van der Waals surface area (Å²) < 4.78 is 1.74. The molecule has 1 amide bonds. The number of nitrogens with zero attached hydrogens (tertiary/aromatic N) is 2. The number of anilines is 1. The van der Waals surface area contributed by atoms with Gasteiger partial charge in [-0.2, -0.15) is 4.57 Å². The zero-order valence-electron chi connectivity index (χ0n) is 11.9. The fourth-order valence-electron chi connectivity index (χ4n) is 1.89. The molecule has 0 radical (unpaired) electrons. The van der Waals surface area contributed by atoms with Gasteiger partial charge in [-0.1, -0.05) is 6.07 Å². The van der Waals surface area contributed by atoms with Gasteiger partial charge in [-0.05, 0) is 25.5 Å². The molecule has 0 aliphatic heterocycles. The van der Waals surface area contributed by atoms with Crippen LogP contribution in [0.3, 0.4) is 0 Å². The van der Waals surface area contributed by atoms with Gasteiger partial charge in [0.05, 0.1) is 4.92 Å². The summed E-state index contributed by atoms with van der Waals surface area (Å²) in [4.78, 5) is 22.3. The summed E-state index contributed by atoms with van der Waals surface area (Å²) in [6.07, 6.45) is 3.62. The lowest BCUT2D eigenvalue weighted by Crippen LogP contribution is -2.39. The van der Waals surface area contributed by atoms with Gasteiger partial charge in [0.15, 0.2) is 12.4 Å². The third kappa shape index (κ3) is 3.85. The smallest absolute Gasteiger partial charge is 0.290 e. The zero-order chi connectivity index (χ0) is 15.4. The summed E-state index contributed by atoms with van der Waals surface area (Å²) in [5.74, 6) is -0.234. The Labute approximate surface area is 122 Å². The normalized spacial score (nSPS) is 10.2. The van der Waals surface area contributed by atoms with Crippen LogP contribution in [0.15, 0.2) is 42.7 Å². The van der Waals surface area contributed by atoms with Gasteiger partial charge in [0.1, 0.15) is 0 Å². The Morgan fingerprint density at radius 1 is 1.24 bits per heavy atom. The van der Waals surface area contributed by atoms with Crippen LogP contribution in [0.1, 0.15) is 11.1 Å². The van der Waals surface area contributed by atoms with Crippen LogP contribution in [0.25, 0.3) is 0 Å². The van der Waals surface area contributed by atoms with Gasteiger partial charge in [0.25, 0.3) is 11.6 Å². The Balaban J connectivity index is 2.07. The molecule has 0 saturated heterocycles. The minimum Gasteiger partial charge on any atom is -0.320 e. The van der Waals surface area contributed by atoms with Crippen molar-refractivity contribution in [1.82, 2.24) is 0 Å². The molecule has 0 aliphatic carbocycles. The predicted octanol–water partition coefficient (Wildman–Crippen LogP) is 2.14. The van der Waals surface area contributed by atoms with E-state index in [9.17, 15) is 14.9 Å². The van der Waals surface area contributed by atoms with Gasteiger partial charge >= 0.3 is 0 Å². The van der Waals surface area contributed by atoms with Gasteiger partial charge < -0.3 is 5.32 Å². The molecule has 1 aromatic heterocycles. The summed E-state index contributed by atoms with van der Waals surface area (Å²) in [5, 5.41) is 13.5. The first kappa shape index (κ1) is 14.6. The van der Waals surface area contributed by atoms with Crippen LogP contribution >= 0.6 is 0 Å². The van der Waals surface area contributed by atoms with Gasteiger partial charge in [0.2, 0.25) is 6.54 Å². The first-order valence-corrected chi connectivity index (χ1v) is 6.46. The van der Waals surface area contributed by atoms with Crippen molar-refractivity contribution in [2.45, 2.75) is 20.4 Å². The molecule has 108 valence electrons. The van der Waals surface area contributed by atoms with E-state index in [-0.39, 0.29) is 18.1 Å². The summed E-state index contributed by atoms with van der Waals surface area (Å²) in [7, 11) is 0. The SMILES string of the molecule is Cc1cc[n+](CC(=O)Nc2ccc(C)c([N+](=O)[O-])c2)cc1. The number of pyridine rings is 1. The van der Waals surface area contributed by atoms with Crippen LogP contribution in [0.2, 0.25) is 0 Å². The number of nitro groups is 1. The molecule has 21 heavy (non-hydrogen) atoms. The molecule has 2 rings (SSSR count).